The highest BCUT2D eigenvalue weighted by Crippen LogP contribution is 2.36. The van der Waals surface area contributed by atoms with Crippen LogP contribution in [0.3, 0.4) is 0 Å². The minimum absolute atomic E-state index is 0.108. The number of alkyl halides is 3. The summed E-state index contributed by atoms with van der Waals surface area (Å²) in [6.45, 7) is 4.18. The van der Waals surface area contributed by atoms with Crippen molar-refractivity contribution in [3.63, 3.8) is 0 Å². The molecule has 0 aliphatic carbocycles. The molecule has 6 N–H and O–H groups in total. The molecule has 2 aliphatic rings. The Labute approximate surface area is 244 Å². The zero-order valence-corrected chi connectivity index (χ0v) is 23.4. The van der Waals surface area contributed by atoms with Gasteiger partial charge in [-0.2, -0.15) is 13.2 Å². The van der Waals surface area contributed by atoms with Gasteiger partial charge in [0.2, 0.25) is 0 Å². The summed E-state index contributed by atoms with van der Waals surface area (Å²) >= 11 is 12.0. The molecule has 2 aliphatic heterocycles. The maximum atomic E-state index is 13.2. The second-order valence-electron chi connectivity index (χ2n) is 9.27. The molecule has 2 unspecified atom stereocenters. The summed E-state index contributed by atoms with van der Waals surface area (Å²) in [5.41, 5.74) is 2.46. The molecule has 0 saturated carbocycles. The summed E-state index contributed by atoms with van der Waals surface area (Å²) in [5.74, 6) is 0.159. The summed E-state index contributed by atoms with van der Waals surface area (Å²) < 4.78 is 39.5. The van der Waals surface area contributed by atoms with Crippen LogP contribution in [0.25, 0.3) is 10.9 Å². The first-order valence-electron chi connectivity index (χ1n) is 12.7. The molecule has 0 amide bonds. The van der Waals surface area contributed by atoms with E-state index in [1.807, 2.05) is 18.2 Å². The zero-order chi connectivity index (χ0) is 30.0. The van der Waals surface area contributed by atoms with E-state index >= 15 is 0 Å². The highest BCUT2D eigenvalue weighted by atomic mass is 35.5. The molecule has 1 fully saturated rings. The van der Waals surface area contributed by atoms with Gasteiger partial charge in [0.25, 0.3) is 12.9 Å². The largest absolute Gasteiger partial charge is 0.483 e. The van der Waals surface area contributed by atoms with Crippen molar-refractivity contribution in [3.8, 4) is 0 Å². The molecule has 0 radical (unpaired) electrons. The third-order valence-electron chi connectivity index (χ3n) is 6.80. The van der Waals surface area contributed by atoms with Crippen LogP contribution in [0.5, 0.6) is 0 Å². The Balaban J connectivity index is 0.000000710. The van der Waals surface area contributed by atoms with Gasteiger partial charge in [-0.25, -0.2) is 4.98 Å². The molecular weight excluding hydrogens is 588 g/mol. The fraction of sp³-hybridized carbons (Fsp3) is 0.423. The van der Waals surface area contributed by atoms with Crippen LogP contribution >= 0.6 is 23.2 Å². The second kappa shape index (κ2) is 15.2. The third kappa shape index (κ3) is 8.69. The van der Waals surface area contributed by atoms with Crippen molar-refractivity contribution in [3.05, 3.63) is 57.3 Å². The van der Waals surface area contributed by atoms with Crippen LogP contribution in [0.4, 0.5) is 19.0 Å². The van der Waals surface area contributed by atoms with Gasteiger partial charge in [0.15, 0.2) is 5.69 Å². The number of fused-ring (bicyclic) bond motifs is 3. The van der Waals surface area contributed by atoms with E-state index in [0.29, 0.717) is 24.2 Å². The van der Waals surface area contributed by atoms with Crippen LogP contribution in [0.1, 0.15) is 29.4 Å². The van der Waals surface area contributed by atoms with E-state index < -0.39 is 16.9 Å². The smallest absolute Gasteiger partial charge is 0.434 e. The summed E-state index contributed by atoms with van der Waals surface area (Å²) in [5, 5.41) is 25.4. The molecule has 5 rings (SSSR count). The number of pyridine rings is 1. The molecule has 41 heavy (non-hydrogen) atoms. The molecule has 4 heterocycles. The van der Waals surface area contributed by atoms with Crippen LogP contribution in [-0.2, 0) is 22.2 Å². The molecule has 2 aromatic heterocycles. The lowest BCUT2D eigenvalue weighted by Crippen LogP contribution is -2.45. The van der Waals surface area contributed by atoms with Crippen molar-refractivity contribution in [2.75, 3.05) is 44.6 Å². The Morgan fingerprint density at radius 2 is 1.88 bits per heavy atom. The molecule has 1 aromatic carbocycles. The fourth-order valence-corrected chi connectivity index (χ4v) is 5.45. The monoisotopic (exact) mass is 618 g/mol. The second-order valence-corrected chi connectivity index (χ2v) is 10.1. The molecule has 15 heteroatoms. The zero-order valence-electron chi connectivity index (χ0n) is 21.8. The van der Waals surface area contributed by atoms with E-state index in [0.717, 1.165) is 49.9 Å². The predicted molar refractivity (Wildman–Crippen MR) is 151 cm³/mol. The number of halogens is 5. The van der Waals surface area contributed by atoms with Gasteiger partial charge in [0, 0.05) is 60.4 Å². The standard InChI is InChI=1S/C24H27Cl2F3N6.2CH2O2/c25-14-1-3-19-17(11-14)16-6-9-35(20(22(16)33-19)13-32-15-5-7-30-12-15)10-8-31-21-4-2-18(26)23(34-21)24(27,28)29;2*2-1-3/h1-4,11,15,20,30,32-33H,5-10,12-13H2,(H,31,34);2*1H,(H,2,3). The van der Waals surface area contributed by atoms with E-state index in [4.69, 9.17) is 43.0 Å². The van der Waals surface area contributed by atoms with E-state index in [9.17, 15) is 13.2 Å². The van der Waals surface area contributed by atoms with Gasteiger partial charge >= 0.3 is 6.18 Å². The number of carbonyl (C=O) groups is 2. The van der Waals surface area contributed by atoms with Gasteiger partial charge in [0.05, 0.1) is 11.1 Å². The minimum Gasteiger partial charge on any atom is -0.483 e. The van der Waals surface area contributed by atoms with Crippen molar-refractivity contribution < 1.29 is 33.0 Å². The Morgan fingerprint density at radius 1 is 1.15 bits per heavy atom. The van der Waals surface area contributed by atoms with E-state index in [1.165, 1.54) is 23.4 Å². The van der Waals surface area contributed by atoms with Gasteiger partial charge in [-0.05, 0) is 55.3 Å². The Kier molecular flexibility index (Phi) is 12.0. The van der Waals surface area contributed by atoms with E-state index in [1.54, 1.807) is 0 Å². The lowest BCUT2D eigenvalue weighted by molar-refractivity contribution is -0.141. The number of hydrogen-bond donors (Lipinski definition) is 6. The minimum atomic E-state index is -4.59. The topological polar surface area (TPSA) is 143 Å². The summed E-state index contributed by atoms with van der Waals surface area (Å²) in [4.78, 5) is 26.4. The average molecular weight is 619 g/mol. The number of rotatable bonds is 7. The van der Waals surface area contributed by atoms with Crippen LogP contribution < -0.4 is 16.0 Å². The number of nitrogens with zero attached hydrogens (tertiary/aromatic N) is 2. The fourth-order valence-electron chi connectivity index (χ4n) is 5.06. The molecule has 3 aromatic rings. The molecule has 224 valence electrons. The first-order valence-corrected chi connectivity index (χ1v) is 13.5. The highest BCUT2D eigenvalue weighted by Gasteiger charge is 2.35. The lowest BCUT2D eigenvalue weighted by atomic mass is 9.97. The van der Waals surface area contributed by atoms with Gasteiger partial charge < -0.3 is 31.1 Å². The van der Waals surface area contributed by atoms with Gasteiger partial charge in [0.1, 0.15) is 5.82 Å². The van der Waals surface area contributed by atoms with Crippen LogP contribution in [-0.4, -0.2) is 83.3 Å². The number of aromatic amines is 1. The molecular formula is C26H31Cl2F3N6O4. The quantitative estimate of drug-likeness (QED) is 0.214. The molecule has 1 saturated heterocycles. The molecule has 0 spiro atoms. The number of nitrogens with one attached hydrogen (secondary N) is 4. The third-order valence-corrected chi connectivity index (χ3v) is 7.34. The molecule has 0 bridgehead atoms. The van der Waals surface area contributed by atoms with Crippen molar-refractivity contribution in [2.45, 2.75) is 31.1 Å². The lowest BCUT2D eigenvalue weighted by Gasteiger charge is -2.36. The Morgan fingerprint density at radius 3 is 2.54 bits per heavy atom. The normalized spacial score (nSPS) is 18.5. The Bertz CT molecular complexity index is 1300. The number of hydrogen-bond acceptors (Lipinski definition) is 7. The SMILES string of the molecule is FC(F)(F)c1nc(NCCN2CCc3c([nH]c4ccc(Cl)cc34)C2CNC2CCNC2)ccc1Cl.O=CO.O=CO. The number of aromatic nitrogens is 2. The summed E-state index contributed by atoms with van der Waals surface area (Å²) in [6.07, 6.45) is -2.63. The maximum Gasteiger partial charge on any atom is 0.434 e. The first kappa shape index (κ1) is 32.4. The van der Waals surface area contributed by atoms with Gasteiger partial charge in [-0.3, -0.25) is 14.5 Å². The van der Waals surface area contributed by atoms with Crippen molar-refractivity contribution in [1.29, 1.82) is 0 Å². The van der Waals surface area contributed by atoms with Gasteiger partial charge in [-0.1, -0.05) is 23.2 Å². The maximum absolute atomic E-state index is 13.2. The first-order chi connectivity index (χ1) is 19.6. The highest BCUT2D eigenvalue weighted by molar-refractivity contribution is 6.31. The van der Waals surface area contributed by atoms with Crippen LogP contribution in [0, 0.1) is 0 Å². The van der Waals surface area contributed by atoms with Crippen molar-refractivity contribution in [1.82, 2.24) is 25.5 Å². The summed E-state index contributed by atoms with van der Waals surface area (Å²) in [7, 11) is 0. The van der Waals surface area contributed by atoms with E-state index in [-0.39, 0.29) is 24.8 Å². The average Bonchev–Trinajstić information content (AvgIpc) is 3.57. The number of anilines is 1. The number of benzene rings is 1. The molecule has 2 atom stereocenters. The van der Waals surface area contributed by atoms with Gasteiger partial charge in [-0.15, -0.1) is 0 Å². The van der Waals surface area contributed by atoms with Crippen LogP contribution in [0.2, 0.25) is 10.0 Å². The number of H-pyrrole nitrogens is 1. The van der Waals surface area contributed by atoms with E-state index in [2.05, 4.69) is 30.8 Å². The number of carboxylic acid groups (broad SMARTS) is 2. The molecule has 10 nitrogen and oxygen atoms in total. The van der Waals surface area contributed by atoms with Crippen molar-refractivity contribution in [2.24, 2.45) is 0 Å². The van der Waals surface area contributed by atoms with Crippen LogP contribution in [0.15, 0.2) is 30.3 Å². The van der Waals surface area contributed by atoms with Crippen molar-refractivity contribution >= 4 is 52.9 Å². The predicted octanol–water partition coefficient (Wildman–Crippen LogP) is 4.25. The summed E-state index contributed by atoms with van der Waals surface area (Å²) in [6, 6.07) is 9.15. The Hall–Kier alpha value is -3.10.